The molecule has 0 spiro atoms. The molecule has 0 amide bonds. The van der Waals surface area contributed by atoms with Crippen molar-refractivity contribution in [2.24, 2.45) is 5.73 Å². The van der Waals surface area contributed by atoms with Crippen LogP contribution in [0.25, 0.3) is 0 Å². The molecular formula is C10H18N4O2. The zero-order valence-electron chi connectivity index (χ0n) is 9.56. The van der Waals surface area contributed by atoms with E-state index in [-0.39, 0.29) is 0 Å². The molecule has 0 saturated carbocycles. The Hall–Kier alpha value is -1.14. The second kappa shape index (κ2) is 5.27. The van der Waals surface area contributed by atoms with Crippen LogP contribution < -0.4 is 10.6 Å². The van der Waals surface area contributed by atoms with Crippen LogP contribution in [-0.2, 0) is 11.3 Å². The number of anilines is 1. The summed E-state index contributed by atoms with van der Waals surface area (Å²) in [6.07, 6.45) is 2.39. The number of aromatic nitrogens is 2. The maximum absolute atomic E-state index is 5.58. The number of ether oxygens (including phenoxy) is 1. The number of nitrogens with zero attached hydrogens (tertiary/aromatic N) is 3. The summed E-state index contributed by atoms with van der Waals surface area (Å²) in [5.41, 5.74) is 5.42. The Labute approximate surface area is 94.8 Å². The van der Waals surface area contributed by atoms with Crippen LogP contribution in [0.3, 0.4) is 0 Å². The van der Waals surface area contributed by atoms with Gasteiger partial charge in [0.15, 0.2) is 0 Å². The van der Waals surface area contributed by atoms with Gasteiger partial charge in [-0.2, -0.15) is 0 Å². The quantitative estimate of drug-likeness (QED) is 0.807. The standard InChI is InChI=1S/C10H18N4O2/c1-2-15-8-3-5-14(6-4-8)10-13-12-9(7-11)16-10/h8H,2-7,11H2,1H3. The van der Waals surface area contributed by atoms with E-state index in [1.807, 2.05) is 6.92 Å². The molecule has 1 aliphatic heterocycles. The summed E-state index contributed by atoms with van der Waals surface area (Å²) in [6.45, 7) is 4.90. The molecule has 1 aromatic heterocycles. The van der Waals surface area contributed by atoms with Crippen molar-refractivity contribution in [3.05, 3.63) is 5.89 Å². The zero-order valence-corrected chi connectivity index (χ0v) is 9.56. The van der Waals surface area contributed by atoms with Crippen LogP contribution in [-0.4, -0.2) is 36.0 Å². The molecule has 0 aromatic carbocycles. The molecule has 0 bridgehead atoms. The second-order valence-corrected chi connectivity index (χ2v) is 3.82. The largest absolute Gasteiger partial charge is 0.407 e. The first kappa shape index (κ1) is 11.3. The van der Waals surface area contributed by atoms with E-state index in [0.29, 0.717) is 24.6 Å². The molecule has 6 heteroatoms. The Morgan fingerprint density at radius 2 is 2.19 bits per heavy atom. The molecule has 2 N–H and O–H groups in total. The third kappa shape index (κ3) is 2.51. The molecule has 2 heterocycles. The van der Waals surface area contributed by atoms with Crippen molar-refractivity contribution in [3.8, 4) is 0 Å². The molecule has 16 heavy (non-hydrogen) atoms. The molecule has 6 nitrogen and oxygen atoms in total. The van der Waals surface area contributed by atoms with E-state index < -0.39 is 0 Å². The highest BCUT2D eigenvalue weighted by Crippen LogP contribution is 2.19. The van der Waals surface area contributed by atoms with Crippen LogP contribution >= 0.6 is 0 Å². The molecule has 1 saturated heterocycles. The third-order valence-corrected chi connectivity index (χ3v) is 2.75. The van der Waals surface area contributed by atoms with Crippen LogP contribution in [0.4, 0.5) is 6.01 Å². The van der Waals surface area contributed by atoms with Gasteiger partial charge in [0.1, 0.15) is 0 Å². The van der Waals surface area contributed by atoms with E-state index in [1.165, 1.54) is 0 Å². The molecule has 90 valence electrons. The predicted octanol–water partition coefficient (Wildman–Crippen LogP) is 0.534. The summed E-state index contributed by atoms with van der Waals surface area (Å²) in [7, 11) is 0. The minimum absolute atomic E-state index is 0.294. The monoisotopic (exact) mass is 226 g/mol. The molecule has 1 aliphatic rings. The molecule has 1 aromatic rings. The highest BCUT2D eigenvalue weighted by Gasteiger charge is 2.22. The normalized spacial score (nSPS) is 18.0. The molecule has 0 unspecified atom stereocenters. The Morgan fingerprint density at radius 3 is 2.75 bits per heavy atom. The first-order chi connectivity index (χ1) is 7.83. The Morgan fingerprint density at radius 1 is 1.44 bits per heavy atom. The van der Waals surface area contributed by atoms with E-state index in [4.69, 9.17) is 14.9 Å². The van der Waals surface area contributed by atoms with E-state index in [1.54, 1.807) is 0 Å². The van der Waals surface area contributed by atoms with Crippen molar-refractivity contribution >= 4 is 6.01 Å². The highest BCUT2D eigenvalue weighted by atomic mass is 16.5. The van der Waals surface area contributed by atoms with Crippen LogP contribution in [0.5, 0.6) is 0 Å². The van der Waals surface area contributed by atoms with E-state index in [9.17, 15) is 0 Å². The topological polar surface area (TPSA) is 77.4 Å². The molecule has 0 atom stereocenters. The number of hydrogen-bond acceptors (Lipinski definition) is 6. The minimum atomic E-state index is 0.294. The van der Waals surface area contributed by atoms with Crippen LogP contribution in [0.1, 0.15) is 25.7 Å². The fraction of sp³-hybridized carbons (Fsp3) is 0.800. The first-order valence-electron chi connectivity index (χ1n) is 5.72. The third-order valence-electron chi connectivity index (χ3n) is 2.75. The maximum atomic E-state index is 5.58. The number of nitrogens with two attached hydrogens (primary N) is 1. The molecule has 1 fully saturated rings. The summed E-state index contributed by atoms with van der Waals surface area (Å²) in [5, 5.41) is 7.82. The van der Waals surface area contributed by atoms with E-state index in [0.717, 1.165) is 32.5 Å². The molecule has 2 rings (SSSR count). The number of rotatable bonds is 4. The highest BCUT2D eigenvalue weighted by molar-refractivity contribution is 5.24. The Kier molecular flexibility index (Phi) is 3.74. The van der Waals surface area contributed by atoms with Gasteiger partial charge in [-0.1, -0.05) is 5.10 Å². The average molecular weight is 226 g/mol. The van der Waals surface area contributed by atoms with Gasteiger partial charge < -0.3 is 19.8 Å². The van der Waals surface area contributed by atoms with Crippen molar-refractivity contribution in [1.29, 1.82) is 0 Å². The van der Waals surface area contributed by atoms with Crippen molar-refractivity contribution < 1.29 is 9.15 Å². The molecule has 0 radical (unpaired) electrons. The van der Waals surface area contributed by atoms with Gasteiger partial charge in [0, 0.05) is 19.7 Å². The van der Waals surface area contributed by atoms with Gasteiger partial charge >= 0.3 is 6.01 Å². The minimum Gasteiger partial charge on any atom is -0.407 e. The van der Waals surface area contributed by atoms with Gasteiger partial charge in [-0.05, 0) is 19.8 Å². The van der Waals surface area contributed by atoms with Gasteiger partial charge in [0.25, 0.3) is 0 Å². The number of hydrogen-bond donors (Lipinski definition) is 1. The van der Waals surface area contributed by atoms with Crippen molar-refractivity contribution in [2.75, 3.05) is 24.6 Å². The fourth-order valence-corrected chi connectivity index (χ4v) is 1.90. The molecular weight excluding hydrogens is 208 g/mol. The first-order valence-corrected chi connectivity index (χ1v) is 5.72. The lowest BCUT2D eigenvalue weighted by Crippen LogP contribution is -2.37. The maximum Gasteiger partial charge on any atom is 0.318 e. The van der Waals surface area contributed by atoms with Crippen molar-refractivity contribution in [1.82, 2.24) is 10.2 Å². The fourth-order valence-electron chi connectivity index (χ4n) is 1.90. The summed E-state index contributed by atoms with van der Waals surface area (Å²) >= 11 is 0. The summed E-state index contributed by atoms with van der Waals surface area (Å²) in [6, 6.07) is 0.579. The lowest BCUT2D eigenvalue weighted by Gasteiger charge is -2.30. The Bertz CT molecular complexity index is 320. The van der Waals surface area contributed by atoms with Gasteiger partial charge in [-0.3, -0.25) is 0 Å². The van der Waals surface area contributed by atoms with Gasteiger partial charge in [-0.15, -0.1) is 5.10 Å². The van der Waals surface area contributed by atoms with Crippen molar-refractivity contribution in [3.63, 3.8) is 0 Å². The summed E-state index contributed by atoms with van der Waals surface area (Å²) in [4.78, 5) is 2.08. The lowest BCUT2D eigenvalue weighted by atomic mass is 10.1. The second-order valence-electron chi connectivity index (χ2n) is 3.82. The van der Waals surface area contributed by atoms with Gasteiger partial charge in [-0.25, -0.2) is 0 Å². The summed E-state index contributed by atoms with van der Waals surface area (Å²) < 4.78 is 11.0. The lowest BCUT2D eigenvalue weighted by molar-refractivity contribution is 0.0453. The molecule has 0 aliphatic carbocycles. The summed E-state index contributed by atoms with van der Waals surface area (Å²) in [5.74, 6) is 0.488. The van der Waals surface area contributed by atoms with Crippen LogP contribution in [0.15, 0.2) is 4.42 Å². The van der Waals surface area contributed by atoms with Crippen LogP contribution in [0.2, 0.25) is 0 Å². The SMILES string of the molecule is CCOC1CCN(c2nnc(CN)o2)CC1. The smallest absolute Gasteiger partial charge is 0.318 e. The van der Waals surface area contributed by atoms with E-state index in [2.05, 4.69) is 15.1 Å². The average Bonchev–Trinajstić information content (AvgIpc) is 2.79. The van der Waals surface area contributed by atoms with Gasteiger partial charge in [0.05, 0.1) is 12.6 Å². The number of piperidine rings is 1. The van der Waals surface area contributed by atoms with E-state index >= 15 is 0 Å². The van der Waals surface area contributed by atoms with Gasteiger partial charge in [0.2, 0.25) is 5.89 Å². The predicted molar refractivity (Wildman–Crippen MR) is 59.1 cm³/mol. The van der Waals surface area contributed by atoms with Crippen molar-refractivity contribution in [2.45, 2.75) is 32.4 Å². The Balaban J connectivity index is 1.88. The zero-order chi connectivity index (χ0) is 11.4. The van der Waals surface area contributed by atoms with Crippen LogP contribution in [0, 0.1) is 0 Å².